The molecular weight excluding hydrogens is 282 g/mol. The number of aryl methyl sites for hydroxylation is 1. The Kier molecular flexibility index (Phi) is 6.17. The molecule has 1 nitrogen and oxygen atoms in total. The summed E-state index contributed by atoms with van der Waals surface area (Å²) in [7, 11) is 1.33. The first kappa shape index (κ1) is 16.7. The number of halogens is 2. The summed E-state index contributed by atoms with van der Waals surface area (Å²) in [6, 6.07) is 3.08. The molecule has 0 N–H and O–H groups in total. The standard InChI is InChI=1S/C19H24F2O/c1-3-14-8-10-15(11-9-14)6-4-5-7-16-12-13-17(22-2)19(21)18(16)20/h3-4,6,12-15H,1,5,7-11H2,2H3/b6-4+. The van der Waals surface area contributed by atoms with Crippen LogP contribution >= 0.6 is 0 Å². The third kappa shape index (κ3) is 4.19. The average molecular weight is 306 g/mol. The molecule has 0 aliphatic heterocycles. The highest BCUT2D eigenvalue weighted by molar-refractivity contribution is 5.31. The smallest absolute Gasteiger partial charge is 0.200 e. The second kappa shape index (κ2) is 8.11. The molecule has 0 spiro atoms. The molecule has 2 rings (SSSR count). The van der Waals surface area contributed by atoms with E-state index >= 15 is 0 Å². The zero-order valence-corrected chi connectivity index (χ0v) is 13.2. The van der Waals surface area contributed by atoms with Crippen LogP contribution in [0.3, 0.4) is 0 Å². The molecule has 0 bridgehead atoms. The van der Waals surface area contributed by atoms with Gasteiger partial charge in [-0.1, -0.05) is 24.3 Å². The van der Waals surface area contributed by atoms with Crippen LogP contribution in [0.2, 0.25) is 0 Å². The van der Waals surface area contributed by atoms with Crippen molar-refractivity contribution in [3.05, 3.63) is 54.1 Å². The second-order valence-corrected chi connectivity index (χ2v) is 5.93. The van der Waals surface area contributed by atoms with E-state index in [-0.39, 0.29) is 5.75 Å². The van der Waals surface area contributed by atoms with Gasteiger partial charge in [-0.3, -0.25) is 0 Å². The number of ether oxygens (including phenoxy) is 1. The van der Waals surface area contributed by atoms with Gasteiger partial charge in [0.15, 0.2) is 11.6 Å². The van der Waals surface area contributed by atoms with E-state index < -0.39 is 11.6 Å². The zero-order chi connectivity index (χ0) is 15.9. The summed E-state index contributed by atoms with van der Waals surface area (Å²) >= 11 is 0. The molecule has 1 aliphatic rings. The van der Waals surface area contributed by atoms with E-state index in [1.165, 1.54) is 38.9 Å². The van der Waals surface area contributed by atoms with Gasteiger partial charge in [-0.2, -0.15) is 4.39 Å². The van der Waals surface area contributed by atoms with E-state index in [0.717, 1.165) is 6.42 Å². The summed E-state index contributed by atoms with van der Waals surface area (Å²) in [5.74, 6) is -0.448. The Morgan fingerprint density at radius 2 is 1.82 bits per heavy atom. The highest BCUT2D eigenvalue weighted by Crippen LogP contribution is 2.30. The van der Waals surface area contributed by atoms with E-state index in [1.54, 1.807) is 6.07 Å². The molecule has 22 heavy (non-hydrogen) atoms. The maximum Gasteiger partial charge on any atom is 0.200 e. The van der Waals surface area contributed by atoms with Crippen LogP contribution in [-0.2, 0) is 6.42 Å². The molecule has 0 unspecified atom stereocenters. The van der Waals surface area contributed by atoms with Gasteiger partial charge in [0.2, 0.25) is 5.82 Å². The maximum atomic E-state index is 13.8. The molecule has 3 heteroatoms. The lowest BCUT2D eigenvalue weighted by Crippen LogP contribution is -2.10. The molecule has 120 valence electrons. The molecular formula is C19H24F2O. The molecule has 0 heterocycles. The van der Waals surface area contributed by atoms with Crippen LogP contribution < -0.4 is 4.74 Å². The molecule has 1 aliphatic carbocycles. The van der Waals surface area contributed by atoms with Crippen molar-refractivity contribution in [2.45, 2.75) is 38.5 Å². The normalized spacial score (nSPS) is 22.0. The Bertz CT molecular complexity index is 528. The molecule has 1 aromatic rings. The van der Waals surface area contributed by atoms with Crippen LogP contribution in [0.4, 0.5) is 8.78 Å². The summed E-state index contributed by atoms with van der Waals surface area (Å²) in [4.78, 5) is 0. The Labute approximate surface area is 131 Å². The van der Waals surface area contributed by atoms with Crippen LogP contribution in [0.5, 0.6) is 5.75 Å². The minimum Gasteiger partial charge on any atom is -0.494 e. The Balaban J connectivity index is 1.83. The minimum atomic E-state index is -0.897. The maximum absolute atomic E-state index is 13.8. The Morgan fingerprint density at radius 1 is 1.14 bits per heavy atom. The van der Waals surface area contributed by atoms with Gasteiger partial charge < -0.3 is 4.74 Å². The minimum absolute atomic E-state index is 0.0456. The molecule has 0 aromatic heterocycles. The average Bonchev–Trinajstić information content (AvgIpc) is 2.56. The summed E-state index contributed by atoms with van der Waals surface area (Å²) < 4.78 is 32.2. The first-order chi connectivity index (χ1) is 10.7. The summed E-state index contributed by atoms with van der Waals surface area (Å²) in [6.45, 7) is 3.85. The van der Waals surface area contributed by atoms with Gasteiger partial charge in [-0.05, 0) is 62.0 Å². The van der Waals surface area contributed by atoms with Crippen molar-refractivity contribution in [3.8, 4) is 5.75 Å². The third-order valence-corrected chi connectivity index (χ3v) is 4.49. The third-order valence-electron chi connectivity index (χ3n) is 4.49. The molecule has 1 fully saturated rings. The van der Waals surface area contributed by atoms with Crippen molar-refractivity contribution in [3.63, 3.8) is 0 Å². The number of hydrogen-bond acceptors (Lipinski definition) is 1. The van der Waals surface area contributed by atoms with Crippen LogP contribution in [0.1, 0.15) is 37.7 Å². The van der Waals surface area contributed by atoms with Crippen molar-refractivity contribution in [1.29, 1.82) is 0 Å². The van der Waals surface area contributed by atoms with E-state index in [0.29, 0.717) is 23.8 Å². The molecule has 0 radical (unpaired) electrons. The molecule has 0 amide bonds. The van der Waals surface area contributed by atoms with Crippen molar-refractivity contribution in [2.75, 3.05) is 7.11 Å². The highest BCUT2D eigenvalue weighted by Gasteiger charge is 2.17. The lowest BCUT2D eigenvalue weighted by atomic mass is 9.82. The topological polar surface area (TPSA) is 9.23 Å². The van der Waals surface area contributed by atoms with Crippen molar-refractivity contribution in [2.24, 2.45) is 11.8 Å². The highest BCUT2D eigenvalue weighted by atomic mass is 19.2. The largest absolute Gasteiger partial charge is 0.494 e. The van der Waals surface area contributed by atoms with Crippen LogP contribution in [-0.4, -0.2) is 7.11 Å². The lowest BCUT2D eigenvalue weighted by Gasteiger charge is -2.24. The number of allylic oxidation sites excluding steroid dienone is 3. The van der Waals surface area contributed by atoms with Crippen LogP contribution in [0, 0.1) is 23.5 Å². The molecule has 1 saturated carbocycles. The number of benzene rings is 1. The first-order valence-electron chi connectivity index (χ1n) is 7.95. The summed E-state index contributed by atoms with van der Waals surface area (Å²) in [5, 5.41) is 0. The number of hydrogen-bond donors (Lipinski definition) is 0. The predicted molar refractivity (Wildman–Crippen MR) is 86.0 cm³/mol. The van der Waals surface area contributed by atoms with Gasteiger partial charge in [-0.25, -0.2) is 4.39 Å². The number of methoxy groups -OCH3 is 1. The predicted octanol–water partition coefficient (Wildman–Crippen LogP) is 5.45. The lowest BCUT2D eigenvalue weighted by molar-refractivity contribution is 0.356. The second-order valence-electron chi connectivity index (χ2n) is 5.93. The zero-order valence-electron chi connectivity index (χ0n) is 13.2. The Hall–Kier alpha value is -1.64. The van der Waals surface area contributed by atoms with Gasteiger partial charge >= 0.3 is 0 Å². The fraction of sp³-hybridized carbons (Fsp3) is 0.474. The van der Waals surface area contributed by atoms with E-state index in [9.17, 15) is 8.78 Å². The van der Waals surface area contributed by atoms with Gasteiger partial charge in [-0.15, -0.1) is 6.58 Å². The fourth-order valence-electron chi connectivity index (χ4n) is 3.02. The quantitative estimate of drug-likeness (QED) is 0.635. The van der Waals surface area contributed by atoms with E-state index in [1.807, 2.05) is 0 Å². The van der Waals surface area contributed by atoms with Gasteiger partial charge in [0.1, 0.15) is 0 Å². The summed E-state index contributed by atoms with van der Waals surface area (Å²) in [6.07, 6.45) is 12.4. The SMILES string of the molecule is C=CC1CCC(/C=C/CCc2ccc(OC)c(F)c2F)CC1. The van der Waals surface area contributed by atoms with Gasteiger partial charge in [0.25, 0.3) is 0 Å². The molecule has 1 aromatic carbocycles. The van der Waals surface area contributed by atoms with E-state index in [2.05, 4.69) is 24.8 Å². The first-order valence-corrected chi connectivity index (χ1v) is 7.95. The number of rotatable bonds is 6. The van der Waals surface area contributed by atoms with Crippen molar-refractivity contribution >= 4 is 0 Å². The molecule has 0 saturated heterocycles. The van der Waals surface area contributed by atoms with E-state index in [4.69, 9.17) is 4.74 Å². The summed E-state index contributed by atoms with van der Waals surface area (Å²) in [5.41, 5.74) is 0.401. The van der Waals surface area contributed by atoms with Gasteiger partial charge in [0, 0.05) is 0 Å². The molecule has 0 atom stereocenters. The monoisotopic (exact) mass is 306 g/mol. The van der Waals surface area contributed by atoms with Crippen molar-refractivity contribution < 1.29 is 13.5 Å². The van der Waals surface area contributed by atoms with Crippen LogP contribution in [0.15, 0.2) is 36.9 Å². The fourth-order valence-corrected chi connectivity index (χ4v) is 3.02. The van der Waals surface area contributed by atoms with Crippen molar-refractivity contribution in [1.82, 2.24) is 0 Å². The van der Waals surface area contributed by atoms with Crippen LogP contribution in [0.25, 0.3) is 0 Å². The Morgan fingerprint density at radius 3 is 2.45 bits per heavy atom. The van der Waals surface area contributed by atoms with Gasteiger partial charge in [0.05, 0.1) is 7.11 Å².